The van der Waals surface area contributed by atoms with Gasteiger partial charge in [0.05, 0.1) is 24.7 Å². The maximum Gasteiger partial charge on any atom is 0.228 e. The quantitative estimate of drug-likeness (QED) is 0.784. The molecule has 2 heterocycles. The fourth-order valence-electron chi connectivity index (χ4n) is 2.13. The molecule has 0 N–H and O–H groups in total. The van der Waals surface area contributed by atoms with Gasteiger partial charge in [-0.15, -0.1) is 11.6 Å². The number of halogens is 1. The van der Waals surface area contributed by atoms with Crippen molar-refractivity contribution >= 4 is 17.5 Å². The van der Waals surface area contributed by atoms with E-state index in [1.54, 1.807) is 19.4 Å². The maximum atomic E-state index is 5.90. The van der Waals surface area contributed by atoms with E-state index in [9.17, 15) is 0 Å². The molecular formula is C12H18ClN3O2. The number of morpholine rings is 1. The van der Waals surface area contributed by atoms with Crippen LogP contribution in [0.25, 0.3) is 0 Å². The molecule has 0 saturated carbocycles. The third-order valence-electron chi connectivity index (χ3n) is 2.76. The average molecular weight is 272 g/mol. The highest BCUT2D eigenvalue weighted by molar-refractivity contribution is 6.18. The summed E-state index contributed by atoms with van der Waals surface area (Å²) in [7, 11) is 1.59. The summed E-state index contributed by atoms with van der Waals surface area (Å²) < 4.78 is 11.0. The molecule has 6 heteroatoms. The Kier molecular flexibility index (Phi) is 3.92. The molecule has 1 aromatic rings. The summed E-state index contributed by atoms with van der Waals surface area (Å²) in [5.41, 5.74) is -0.260. The molecule has 0 spiro atoms. The lowest BCUT2D eigenvalue weighted by Gasteiger charge is -2.42. The minimum Gasteiger partial charge on any atom is -0.481 e. The van der Waals surface area contributed by atoms with E-state index in [1.165, 1.54) is 0 Å². The van der Waals surface area contributed by atoms with Crippen LogP contribution in [0.3, 0.4) is 0 Å². The number of anilines is 1. The van der Waals surface area contributed by atoms with Crippen LogP contribution in [0.5, 0.6) is 5.88 Å². The van der Waals surface area contributed by atoms with Gasteiger partial charge in [0, 0.05) is 25.4 Å². The number of ether oxygens (including phenoxy) is 2. The molecule has 1 aromatic heterocycles. The van der Waals surface area contributed by atoms with Crippen molar-refractivity contribution in [1.82, 2.24) is 9.97 Å². The van der Waals surface area contributed by atoms with Crippen LogP contribution in [0.15, 0.2) is 12.3 Å². The first-order valence-corrected chi connectivity index (χ1v) is 6.43. The summed E-state index contributed by atoms with van der Waals surface area (Å²) in [4.78, 5) is 10.7. The van der Waals surface area contributed by atoms with Crippen LogP contribution in [-0.2, 0) is 4.74 Å². The van der Waals surface area contributed by atoms with E-state index >= 15 is 0 Å². The van der Waals surface area contributed by atoms with Crippen molar-refractivity contribution < 1.29 is 9.47 Å². The summed E-state index contributed by atoms with van der Waals surface area (Å²) in [6.45, 7) is 5.51. The van der Waals surface area contributed by atoms with Gasteiger partial charge in [-0.05, 0) is 13.8 Å². The minimum absolute atomic E-state index is 0.00906. The standard InChI is InChI=1S/C12H18ClN3O2/c1-12(2)8-16(7-9(6-13)18-12)11-14-5-4-10(15-11)17-3/h4-5,9H,6-8H2,1-3H3. The summed E-state index contributed by atoms with van der Waals surface area (Å²) in [5, 5.41) is 0. The van der Waals surface area contributed by atoms with Gasteiger partial charge in [0.1, 0.15) is 0 Å². The summed E-state index contributed by atoms with van der Waals surface area (Å²) in [6.07, 6.45) is 1.68. The zero-order valence-corrected chi connectivity index (χ0v) is 11.6. The lowest BCUT2D eigenvalue weighted by Crippen LogP contribution is -2.54. The second-order valence-electron chi connectivity index (χ2n) is 4.93. The Morgan fingerprint density at radius 3 is 3.06 bits per heavy atom. The highest BCUT2D eigenvalue weighted by Gasteiger charge is 2.34. The van der Waals surface area contributed by atoms with Crippen molar-refractivity contribution in [2.24, 2.45) is 0 Å². The second kappa shape index (κ2) is 5.28. The van der Waals surface area contributed by atoms with Crippen molar-refractivity contribution in [3.8, 4) is 5.88 Å². The summed E-state index contributed by atoms with van der Waals surface area (Å²) in [5.74, 6) is 1.68. The lowest BCUT2D eigenvalue weighted by atomic mass is 10.1. The third kappa shape index (κ3) is 3.03. The smallest absolute Gasteiger partial charge is 0.228 e. The van der Waals surface area contributed by atoms with Gasteiger partial charge >= 0.3 is 0 Å². The zero-order valence-electron chi connectivity index (χ0n) is 10.9. The van der Waals surface area contributed by atoms with E-state index in [0.717, 1.165) is 6.54 Å². The molecule has 0 aliphatic carbocycles. The van der Waals surface area contributed by atoms with Crippen LogP contribution >= 0.6 is 11.6 Å². The normalized spacial score (nSPS) is 22.9. The van der Waals surface area contributed by atoms with Gasteiger partial charge in [-0.25, -0.2) is 4.98 Å². The highest BCUT2D eigenvalue weighted by atomic mass is 35.5. The number of hydrogen-bond acceptors (Lipinski definition) is 5. The van der Waals surface area contributed by atoms with Crippen molar-refractivity contribution in [2.45, 2.75) is 25.6 Å². The van der Waals surface area contributed by atoms with E-state index in [0.29, 0.717) is 24.3 Å². The molecule has 0 radical (unpaired) electrons. The SMILES string of the molecule is COc1ccnc(N2CC(CCl)OC(C)(C)C2)n1. The van der Waals surface area contributed by atoms with Gasteiger partial charge in [-0.3, -0.25) is 0 Å². The van der Waals surface area contributed by atoms with Crippen LogP contribution in [-0.4, -0.2) is 47.8 Å². The predicted octanol–water partition coefficient (Wildman–Crippen LogP) is 1.71. The van der Waals surface area contributed by atoms with E-state index < -0.39 is 0 Å². The molecule has 1 saturated heterocycles. The van der Waals surface area contributed by atoms with Gasteiger partial charge in [0.15, 0.2) is 0 Å². The molecule has 1 unspecified atom stereocenters. The van der Waals surface area contributed by atoms with Crippen molar-refractivity contribution in [2.75, 3.05) is 31.0 Å². The van der Waals surface area contributed by atoms with E-state index in [2.05, 4.69) is 14.9 Å². The molecule has 1 atom stereocenters. The maximum absolute atomic E-state index is 5.90. The molecular weight excluding hydrogens is 254 g/mol. The molecule has 2 rings (SSSR count). The molecule has 1 fully saturated rings. The number of methoxy groups -OCH3 is 1. The zero-order chi connectivity index (χ0) is 13.2. The molecule has 0 bridgehead atoms. The molecule has 100 valence electrons. The number of hydrogen-bond donors (Lipinski definition) is 0. The predicted molar refractivity (Wildman–Crippen MR) is 70.5 cm³/mol. The molecule has 1 aliphatic rings. The second-order valence-corrected chi connectivity index (χ2v) is 5.24. The number of nitrogens with zero attached hydrogens (tertiary/aromatic N) is 3. The topological polar surface area (TPSA) is 47.5 Å². The van der Waals surface area contributed by atoms with Crippen LogP contribution in [0.1, 0.15) is 13.8 Å². The van der Waals surface area contributed by atoms with Crippen molar-refractivity contribution in [3.05, 3.63) is 12.3 Å². The van der Waals surface area contributed by atoms with E-state index in [-0.39, 0.29) is 11.7 Å². The largest absolute Gasteiger partial charge is 0.481 e. The third-order valence-corrected chi connectivity index (χ3v) is 3.11. The molecule has 0 aromatic carbocycles. The van der Waals surface area contributed by atoms with Crippen molar-refractivity contribution in [3.63, 3.8) is 0 Å². The first-order valence-electron chi connectivity index (χ1n) is 5.90. The summed E-state index contributed by atoms with van der Waals surface area (Å²) in [6, 6.07) is 1.73. The Labute approximate surface area is 112 Å². The van der Waals surface area contributed by atoms with Gasteiger partial charge in [-0.2, -0.15) is 4.98 Å². The molecule has 1 aliphatic heterocycles. The van der Waals surface area contributed by atoms with Crippen molar-refractivity contribution in [1.29, 1.82) is 0 Å². The summed E-state index contributed by atoms with van der Waals surface area (Å²) >= 11 is 5.90. The van der Waals surface area contributed by atoms with Crippen LogP contribution in [0.2, 0.25) is 0 Å². The first kappa shape index (κ1) is 13.4. The Morgan fingerprint density at radius 2 is 2.39 bits per heavy atom. The fourth-order valence-corrected chi connectivity index (χ4v) is 2.29. The van der Waals surface area contributed by atoms with Crippen LogP contribution in [0.4, 0.5) is 5.95 Å². The Balaban J connectivity index is 2.20. The van der Waals surface area contributed by atoms with E-state index in [1.807, 2.05) is 13.8 Å². The van der Waals surface area contributed by atoms with Gasteiger partial charge in [-0.1, -0.05) is 0 Å². The molecule has 5 nitrogen and oxygen atoms in total. The monoisotopic (exact) mass is 271 g/mol. The van der Waals surface area contributed by atoms with Crippen LogP contribution in [0, 0.1) is 0 Å². The first-order chi connectivity index (χ1) is 8.54. The van der Waals surface area contributed by atoms with Gasteiger partial charge < -0.3 is 14.4 Å². The highest BCUT2D eigenvalue weighted by Crippen LogP contribution is 2.25. The molecule has 0 amide bonds. The Bertz CT molecular complexity index is 414. The van der Waals surface area contributed by atoms with Gasteiger partial charge in [0.2, 0.25) is 11.8 Å². The fraction of sp³-hybridized carbons (Fsp3) is 0.667. The average Bonchev–Trinajstić information content (AvgIpc) is 2.37. The van der Waals surface area contributed by atoms with Crippen LogP contribution < -0.4 is 9.64 Å². The molecule has 18 heavy (non-hydrogen) atoms. The lowest BCUT2D eigenvalue weighted by molar-refractivity contribution is -0.0738. The van der Waals surface area contributed by atoms with Gasteiger partial charge in [0.25, 0.3) is 0 Å². The number of alkyl halides is 1. The minimum atomic E-state index is -0.260. The Morgan fingerprint density at radius 1 is 1.61 bits per heavy atom. The number of rotatable bonds is 3. The Hall–Kier alpha value is -1.07. The number of aromatic nitrogens is 2. The van der Waals surface area contributed by atoms with E-state index in [4.69, 9.17) is 21.1 Å².